The van der Waals surface area contributed by atoms with Gasteiger partial charge in [0.25, 0.3) is 0 Å². The molecule has 1 radical (unpaired) electrons. The summed E-state index contributed by atoms with van der Waals surface area (Å²) in [6, 6.07) is 5.11. The lowest BCUT2D eigenvalue weighted by molar-refractivity contribution is 0.116. The van der Waals surface area contributed by atoms with Crippen LogP contribution in [0.1, 0.15) is 19.3 Å². The molecule has 4 nitrogen and oxygen atoms in total. The van der Waals surface area contributed by atoms with Crippen LogP contribution < -0.4 is 0 Å². The van der Waals surface area contributed by atoms with Crippen molar-refractivity contribution in [2.24, 2.45) is 0 Å². The van der Waals surface area contributed by atoms with Gasteiger partial charge in [-0.25, -0.2) is 0 Å². The van der Waals surface area contributed by atoms with Crippen molar-refractivity contribution in [1.29, 1.82) is 0 Å². The molecule has 0 spiro atoms. The van der Waals surface area contributed by atoms with Gasteiger partial charge in [0.2, 0.25) is 0 Å². The van der Waals surface area contributed by atoms with E-state index in [9.17, 15) is 0 Å². The minimum Gasteiger partial charge on any atom is -0.456 e. The molecular formula is C16H35O4Si3. The van der Waals surface area contributed by atoms with Gasteiger partial charge in [-0.3, -0.25) is 0 Å². The average Bonchev–Trinajstić information content (AvgIpc) is 3.29. The predicted molar refractivity (Wildman–Crippen MR) is 101 cm³/mol. The lowest BCUT2D eigenvalue weighted by Crippen LogP contribution is -2.41. The van der Waals surface area contributed by atoms with Crippen molar-refractivity contribution in [3.8, 4) is 0 Å². The van der Waals surface area contributed by atoms with E-state index in [-0.39, 0.29) is 0 Å². The molecule has 135 valence electrons. The first-order chi connectivity index (χ1) is 10.9. The Morgan fingerprint density at radius 2 is 2.09 bits per heavy atom. The topological polar surface area (TPSA) is 40.2 Å². The molecule has 0 bridgehead atoms. The summed E-state index contributed by atoms with van der Waals surface area (Å²) in [5.41, 5.74) is 0. The highest BCUT2D eigenvalue weighted by Gasteiger charge is 2.33. The Balaban J connectivity index is 1.56. The predicted octanol–water partition coefficient (Wildman–Crippen LogP) is 4.02. The molecule has 2 rings (SSSR count). The molecule has 0 aromatic heterocycles. The second-order valence-corrected chi connectivity index (χ2v) is 18.9. The van der Waals surface area contributed by atoms with Crippen LogP contribution in [0.5, 0.6) is 0 Å². The van der Waals surface area contributed by atoms with Gasteiger partial charge in [-0.1, -0.05) is 6.42 Å². The molecule has 2 aliphatic rings. The maximum Gasteiger partial charge on any atom is 0.194 e. The second-order valence-electron chi connectivity index (χ2n) is 7.95. The largest absolute Gasteiger partial charge is 0.456 e. The molecular weight excluding hydrogens is 340 g/mol. The third-order valence-corrected chi connectivity index (χ3v) is 15.0. The average molecular weight is 376 g/mol. The highest BCUT2D eigenvalue weighted by molar-refractivity contribution is 6.79. The van der Waals surface area contributed by atoms with Crippen molar-refractivity contribution in [2.75, 3.05) is 26.4 Å². The molecule has 2 aliphatic heterocycles. The first-order valence-electron chi connectivity index (χ1n) is 9.23. The molecule has 0 aromatic carbocycles. The van der Waals surface area contributed by atoms with Crippen molar-refractivity contribution in [2.45, 2.75) is 75.7 Å². The maximum atomic E-state index is 6.54. The van der Waals surface area contributed by atoms with Gasteiger partial charge in [0, 0.05) is 13.2 Å². The first-order valence-corrected chi connectivity index (χ1v) is 17.3. The summed E-state index contributed by atoms with van der Waals surface area (Å²) in [7, 11) is -3.59. The Labute approximate surface area is 146 Å². The van der Waals surface area contributed by atoms with Gasteiger partial charge in [-0.05, 0) is 63.2 Å². The molecule has 23 heavy (non-hydrogen) atoms. The van der Waals surface area contributed by atoms with Gasteiger partial charge in [0.15, 0.2) is 25.7 Å². The van der Waals surface area contributed by atoms with Gasteiger partial charge >= 0.3 is 0 Å². The second kappa shape index (κ2) is 9.26. The van der Waals surface area contributed by atoms with Crippen LogP contribution in [0.3, 0.4) is 0 Å². The van der Waals surface area contributed by atoms with E-state index >= 15 is 0 Å². The molecule has 2 heterocycles. The molecule has 0 aromatic rings. The number of hydrogen-bond acceptors (Lipinski definition) is 4. The van der Waals surface area contributed by atoms with Crippen molar-refractivity contribution in [3.05, 3.63) is 0 Å². The number of rotatable bonds is 11. The zero-order chi connectivity index (χ0) is 16.8. The van der Waals surface area contributed by atoms with Gasteiger partial charge < -0.3 is 18.0 Å². The zero-order valence-electron chi connectivity index (χ0n) is 15.5. The van der Waals surface area contributed by atoms with Gasteiger partial charge in [0.05, 0.1) is 13.2 Å². The SMILES string of the molecule is C[Si](CC[Si]1(C)CCCCO1)O[Si](C)(C)CCCOCC1CO1. The molecule has 2 unspecified atom stereocenters. The molecule has 2 atom stereocenters. The van der Waals surface area contributed by atoms with Crippen LogP contribution in [0.25, 0.3) is 0 Å². The molecule has 0 saturated carbocycles. The molecule has 2 saturated heterocycles. The third-order valence-electron chi connectivity index (χ3n) is 4.78. The van der Waals surface area contributed by atoms with Crippen LogP contribution in [0, 0.1) is 0 Å². The number of ether oxygens (including phenoxy) is 2. The maximum absolute atomic E-state index is 6.54. The normalized spacial score (nSPS) is 28.3. The lowest BCUT2D eigenvalue weighted by Gasteiger charge is -2.33. The zero-order valence-corrected chi connectivity index (χ0v) is 18.5. The van der Waals surface area contributed by atoms with Gasteiger partial charge in [0.1, 0.15) is 6.10 Å². The third kappa shape index (κ3) is 8.42. The van der Waals surface area contributed by atoms with Crippen LogP contribution in [-0.2, 0) is 18.0 Å². The fourth-order valence-electron chi connectivity index (χ4n) is 3.18. The van der Waals surface area contributed by atoms with Crippen molar-refractivity contribution >= 4 is 25.7 Å². The van der Waals surface area contributed by atoms with E-state index < -0.39 is 25.7 Å². The van der Waals surface area contributed by atoms with E-state index in [1.54, 1.807) is 0 Å². The minimum atomic E-state index is -1.53. The van der Waals surface area contributed by atoms with E-state index in [1.807, 2.05) is 0 Å². The summed E-state index contributed by atoms with van der Waals surface area (Å²) < 4.78 is 23.5. The number of epoxide rings is 1. The molecule has 0 N–H and O–H groups in total. The number of hydrogen-bond donors (Lipinski definition) is 0. The first kappa shape index (κ1) is 19.8. The Hall–Kier alpha value is 0.491. The van der Waals surface area contributed by atoms with E-state index in [0.29, 0.717) is 6.10 Å². The van der Waals surface area contributed by atoms with Crippen LogP contribution in [0.2, 0.25) is 50.4 Å². The minimum absolute atomic E-state index is 0.384. The highest BCUT2D eigenvalue weighted by atomic mass is 28.4. The van der Waals surface area contributed by atoms with E-state index in [1.165, 1.54) is 37.0 Å². The monoisotopic (exact) mass is 375 g/mol. The fraction of sp³-hybridized carbons (Fsp3) is 1.00. The van der Waals surface area contributed by atoms with Gasteiger partial charge in [-0.15, -0.1) is 0 Å². The summed E-state index contributed by atoms with van der Waals surface area (Å²) >= 11 is 0. The summed E-state index contributed by atoms with van der Waals surface area (Å²) in [5, 5.41) is 0. The van der Waals surface area contributed by atoms with Crippen LogP contribution in [0.15, 0.2) is 0 Å². The lowest BCUT2D eigenvalue weighted by atomic mass is 10.4. The van der Waals surface area contributed by atoms with Crippen LogP contribution >= 0.6 is 0 Å². The smallest absolute Gasteiger partial charge is 0.194 e. The molecule has 0 aliphatic carbocycles. The van der Waals surface area contributed by atoms with Gasteiger partial charge in [-0.2, -0.15) is 0 Å². The van der Waals surface area contributed by atoms with E-state index in [2.05, 4.69) is 26.2 Å². The van der Waals surface area contributed by atoms with E-state index in [4.69, 9.17) is 18.0 Å². The van der Waals surface area contributed by atoms with Crippen molar-refractivity contribution < 1.29 is 18.0 Å². The Morgan fingerprint density at radius 3 is 2.74 bits per heavy atom. The molecule has 2 fully saturated rings. The van der Waals surface area contributed by atoms with Crippen molar-refractivity contribution in [3.63, 3.8) is 0 Å². The van der Waals surface area contributed by atoms with E-state index in [0.717, 1.165) is 32.8 Å². The Morgan fingerprint density at radius 1 is 1.30 bits per heavy atom. The van der Waals surface area contributed by atoms with Crippen LogP contribution in [0.4, 0.5) is 0 Å². The summed E-state index contributed by atoms with van der Waals surface area (Å²) in [4.78, 5) is 0. The quantitative estimate of drug-likeness (QED) is 0.311. The fourth-order valence-corrected chi connectivity index (χ4v) is 14.5. The Bertz CT molecular complexity index is 344. The highest BCUT2D eigenvalue weighted by Crippen LogP contribution is 2.28. The molecule has 0 amide bonds. The molecule has 7 heteroatoms. The van der Waals surface area contributed by atoms with Crippen molar-refractivity contribution in [1.82, 2.24) is 0 Å². The summed E-state index contributed by atoms with van der Waals surface area (Å²) in [6.07, 6.45) is 4.14. The Kier molecular flexibility index (Phi) is 7.98. The summed E-state index contributed by atoms with van der Waals surface area (Å²) in [5.74, 6) is 0. The standard InChI is InChI=1S/C16H35O4Si3/c1-21(10-13-23(4)12-6-5-9-19-23)20-22(2,3)11-7-8-17-14-16-15-18-16/h16H,5-15H2,1-4H3. The van der Waals surface area contributed by atoms with Crippen LogP contribution in [-0.4, -0.2) is 58.2 Å². The summed E-state index contributed by atoms with van der Waals surface area (Å²) in [6.45, 7) is 13.0.